The summed E-state index contributed by atoms with van der Waals surface area (Å²) in [4.78, 5) is 14.7. The highest BCUT2D eigenvalue weighted by atomic mass is 16.7. The molecule has 8 nitrogen and oxygen atoms in total. The second-order valence-electron chi connectivity index (χ2n) is 7.52. The summed E-state index contributed by atoms with van der Waals surface area (Å²) in [6.45, 7) is 3.36. The normalized spacial score (nSPS) is 17.1. The van der Waals surface area contributed by atoms with E-state index in [1.165, 1.54) is 4.90 Å². The minimum atomic E-state index is -0.635. The smallest absolute Gasteiger partial charge is 0.258 e. The molecule has 0 radical (unpaired) electrons. The van der Waals surface area contributed by atoms with Gasteiger partial charge < -0.3 is 29.4 Å². The van der Waals surface area contributed by atoms with Crippen LogP contribution in [0.3, 0.4) is 0 Å². The second kappa shape index (κ2) is 7.18. The number of quaternary nitrogens is 1. The Morgan fingerprint density at radius 1 is 1.24 bits per heavy atom. The number of likely N-dealkylation sites (N-methyl/N-ethyl adjacent to an activating group) is 1. The quantitative estimate of drug-likeness (QED) is 0.769. The Balaban J connectivity index is 1.90. The number of nitrogens with one attached hydrogen (secondary N) is 1. The second-order valence-corrected chi connectivity index (χ2v) is 7.52. The third-order valence-corrected chi connectivity index (χ3v) is 5.26. The predicted octanol–water partition coefficient (Wildman–Crippen LogP) is 0.248. The topological polar surface area (TPSA) is 104 Å². The zero-order chi connectivity index (χ0) is 20.7. The van der Waals surface area contributed by atoms with Crippen molar-refractivity contribution >= 4 is 0 Å². The summed E-state index contributed by atoms with van der Waals surface area (Å²) in [5.74, 6) is 0.975. The molecule has 0 spiro atoms. The molecule has 150 valence electrons. The van der Waals surface area contributed by atoms with Gasteiger partial charge in [-0.1, -0.05) is 6.07 Å². The van der Waals surface area contributed by atoms with Gasteiger partial charge in [0.2, 0.25) is 12.7 Å². The zero-order valence-electron chi connectivity index (χ0n) is 16.6. The van der Waals surface area contributed by atoms with E-state index in [4.69, 9.17) is 19.9 Å². The van der Waals surface area contributed by atoms with Crippen LogP contribution in [0, 0.1) is 18.3 Å². The van der Waals surface area contributed by atoms with Gasteiger partial charge in [0.25, 0.3) is 5.56 Å². The van der Waals surface area contributed by atoms with Crippen LogP contribution in [0.1, 0.15) is 22.7 Å². The molecule has 1 aromatic carbocycles. The number of pyridine rings is 1. The van der Waals surface area contributed by atoms with Crippen molar-refractivity contribution < 1.29 is 19.1 Å². The van der Waals surface area contributed by atoms with E-state index in [0.717, 1.165) is 17.8 Å². The number of ether oxygens (including phenoxy) is 3. The number of aryl methyl sites for hydroxylation is 1. The lowest BCUT2D eigenvalue weighted by Crippen LogP contribution is -3.06. The fourth-order valence-corrected chi connectivity index (χ4v) is 3.73. The van der Waals surface area contributed by atoms with E-state index < -0.39 is 5.92 Å². The highest BCUT2D eigenvalue weighted by molar-refractivity contribution is 5.57. The molecule has 3 N–H and O–H groups in total. The van der Waals surface area contributed by atoms with E-state index in [2.05, 4.69) is 6.07 Å². The Morgan fingerprint density at radius 3 is 2.72 bits per heavy atom. The number of nitrogens with zero attached hydrogens (tertiary/aromatic N) is 2. The standard InChI is InChI=1S/C21H22N4O4/c1-12-8-17-19(21(26)25(12)7-6-24(2)3)18(14(10-22)20(23)29-17)13-4-5-15-16(9-13)28-11-27-15/h4-5,8-9,18H,6-7,11,23H2,1-3H3/p+1/t18-/m1/s1. The van der Waals surface area contributed by atoms with Gasteiger partial charge in [-0.25, -0.2) is 0 Å². The SMILES string of the molecule is Cc1cc2c(c(=O)n1CC[NH+](C)C)[C@H](c1ccc3c(c1)OCO3)C(C#N)=C(N)O2. The zero-order valence-corrected chi connectivity index (χ0v) is 16.6. The summed E-state index contributed by atoms with van der Waals surface area (Å²) in [5.41, 5.74) is 8.00. The lowest BCUT2D eigenvalue weighted by molar-refractivity contribution is -0.858. The monoisotopic (exact) mass is 395 g/mol. The molecule has 4 rings (SSSR count). The van der Waals surface area contributed by atoms with Crippen molar-refractivity contribution in [3.8, 4) is 23.3 Å². The third kappa shape index (κ3) is 3.19. The van der Waals surface area contributed by atoms with Crippen molar-refractivity contribution in [3.05, 3.63) is 62.9 Å². The van der Waals surface area contributed by atoms with Gasteiger partial charge in [-0.2, -0.15) is 5.26 Å². The molecule has 0 bridgehead atoms. The summed E-state index contributed by atoms with van der Waals surface area (Å²) in [6, 6.07) is 9.33. The van der Waals surface area contributed by atoms with Gasteiger partial charge >= 0.3 is 0 Å². The largest absolute Gasteiger partial charge is 0.454 e. The number of hydrogen-bond donors (Lipinski definition) is 2. The molecule has 2 aliphatic rings. The highest BCUT2D eigenvalue weighted by Crippen LogP contribution is 2.43. The number of hydrogen-bond acceptors (Lipinski definition) is 6. The molecule has 0 unspecified atom stereocenters. The van der Waals surface area contributed by atoms with E-state index >= 15 is 0 Å². The fraction of sp³-hybridized carbons (Fsp3) is 0.333. The van der Waals surface area contributed by atoms with Crippen molar-refractivity contribution in [2.75, 3.05) is 27.4 Å². The maximum absolute atomic E-state index is 13.5. The van der Waals surface area contributed by atoms with E-state index in [1.54, 1.807) is 16.7 Å². The van der Waals surface area contributed by atoms with Gasteiger partial charge in [0.05, 0.1) is 38.7 Å². The van der Waals surface area contributed by atoms with Gasteiger partial charge in [0, 0.05) is 11.8 Å². The van der Waals surface area contributed by atoms with Crippen LogP contribution in [0.2, 0.25) is 0 Å². The molecule has 0 amide bonds. The summed E-state index contributed by atoms with van der Waals surface area (Å²) < 4.78 is 18.3. The summed E-state index contributed by atoms with van der Waals surface area (Å²) in [7, 11) is 4.07. The van der Waals surface area contributed by atoms with Crippen LogP contribution in [-0.2, 0) is 6.54 Å². The molecule has 0 fully saturated rings. The Morgan fingerprint density at radius 2 is 2.00 bits per heavy atom. The van der Waals surface area contributed by atoms with Gasteiger partial charge in [-0.3, -0.25) is 4.79 Å². The summed E-state index contributed by atoms with van der Waals surface area (Å²) in [6.07, 6.45) is 0. The number of benzene rings is 1. The fourth-order valence-electron chi connectivity index (χ4n) is 3.73. The molecule has 0 aliphatic carbocycles. The molecular formula is C21H23N4O4+. The molecule has 1 aromatic heterocycles. The van der Waals surface area contributed by atoms with E-state index in [-0.39, 0.29) is 23.8 Å². The molecule has 1 atom stereocenters. The number of fused-ring (bicyclic) bond motifs is 2. The first kappa shape index (κ1) is 18.9. The van der Waals surface area contributed by atoms with Crippen molar-refractivity contribution in [1.29, 1.82) is 5.26 Å². The van der Waals surface area contributed by atoms with Crippen molar-refractivity contribution in [3.63, 3.8) is 0 Å². The molecule has 3 heterocycles. The van der Waals surface area contributed by atoms with Gasteiger partial charge in [0.1, 0.15) is 17.4 Å². The van der Waals surface area contributed by atoms with Crippen molar-refractivity contribution in [1.82, 2.24) is 4.57 Å². The van der Waals surface area contributed by atoms with Crippen molar-refractivity contribution in [2.24, 2.45) is 5.73 Å². The van der Waals surface area contributed by atoms with E-state index in [1.807, 2.05) is 33.2 Å². The molecule has 2 aromatic rings. The summed E-state index contributed by atoms with van der Waals surface area (Å²) >= 11 is 0. The lowest BCUT2D eigenvalue weighted by Gasteiger charge is -2.27. The van der Waals surface area contributed by atoms with Gasteiger partial charge in [-0.15, -0.1) is 0 Å². The first-order valence-corrected chi connectivity index (χ1v) is 9.41. The first-order valence-electron chi connectivity index (χ1n) is 9.41. The molecule has 0 saturated carbocycles. The van der Waals surface area contributed by atoms with E-state index in [0.29, 0.717) is 29.4 Å². The molecule has 0 saturated heterocycles. The van der Waals surface area contributed by atoms with Crippen LogP contribution in [-0.4, -0.2) is 32.0 Å². The Hall–Kier alpha value is -3.44. The van der Waals surface area contributed by atoms with Crippen LogP contribution in [0.5, 0.6) is 17.2 Å². The number of allylic oxidation sites excluding steroid dienone is 1. The average Bonchev–Trinajstić information content (AvgIpc) is 3.14. The average molecular weight is 395 g/mol. The summed E-state index contributed by atoms with van der Waals surface area (Å²) in [5, 5.41) is 9.77. The number of nitrogens with two attached hydrogens (primary N) is 1. The molecule has 2 aliphatic heterocycles. The molecular weight excluding hydrogens is 372 g/mol. The van der Waals surface area contributed by atoms with E-state index in [9.17, 15) is 10.1 Å². The maximum atomic E-state index is 13.5. The molecule has 8 heteroatoms. The highest BCUT2D eigenvalue weighted by Gasteiger charge is 2.35. The van der Waals surface area contributed by atoms with Crippen LogP contribution in [0.15, 0.2) is 40.5 Å². The van der Waals surface area contributed by atoms with Gasteiger partial charge in [0.15, 0.2) is 11.5 Å². The number of aromatic nitrogens is 1. The number of rotatable bonds is 4. The maximum Gasteiger partial charge on any atom is 0.258 e. The van der Waals surface area contributed by atoms with Crippen LogP contribution < -0.4 is 30.4 Å². The lowest BCUT2D eigenvalue weighted by atomic mass is 9.84. The number of nitriles is 1. The minimum absolute atomic E-state index is 0.0111. The Kier molecular flexibility index (Phi) is 4.68. The minimum Gasteiger partial charge on any atom is -0.454 e. The molecule has 29 heavy (non-hydrogen) atoms. The van der Waals surface area contributed by atoms with Crippen molar-refractivity contribution in [2.45, 2.75) is 19.4 Å². The third-order valence-electron chi connectivity index (χ3n) is 5.26. The predicted molar refractivity (Wildman–Crippen MR) is 105 cm³/mol. The van der Waals surface area contributed by atoms with Gasteiger partial charge in [-0.05, 0) is 24.6 Å². The van der Waals surface area contributed by atoms with Crippen LogP contribution >= 0.6 is 0 Å². The van der Waals surface area contributed by atoms with Crippen LogP contribution in [0.25, 0.3) is 0 Å². The Labute approximate surface area is 168 Å². The Bertz CT molecular complexity index is 1110. The van der Waals surface area contributed by atoms with Crippen LogP contribution in [0.4, 0.5) is 0 Å². The first-order chi connectivity index (χ1) is 13.9.